The summed E-state index contributed by atoms with van der Waals surface area (Å²) in [7, 11) is 0. The maximum Gasteiger partial charge on any atom is 0.169 e. The minimum absolute atomic E-state index is 0.212. The number of halogens is 1. The Hall–Kier alpha value is -2.10. The second kappa shape index (κ2) is 3.96. The molecule has 0 aliphatic rings. The summed E-state index contributed by atoms with van der Waals surface area (Å²) in [5, 5.41) is 0. The van der Waals surface area contributed by atoms with Crippen molar-refractivity contribution in [2.75, 3.05) is 0 Å². The predicted octanol–water partition coefficient (Wildman–Crippen LogP) is 2.10. The van der Waals surface area contributed by atoms with E-state index in [1.807, 2.05) is 0 Å². The first kappa shape index (κ1) is 9.45. The van der Waals surface area contributed by atoms with Crippen molar-refractivity contribution in [2.24, 2.45) is 0 Å². The van der Waals surface area contributed by atoms with Crippen LogP contribution in [0.15, 0.2) is 36.8 Å². The highest BCUT2D eigenvalue weighted by Crippen LogP contribution is 2.20. The van der Waals surface area contributed by atoms with Gasteiger partial charge in [-0.3, -0.25) is 9.78 Å². The van der Waals surface area contributed by atoms with Gasteiger partial charge in [-0.15, -0.1) is 0 Å². The van der Waals surface area contributed by atoms with Crippen molar-refractivity contribution in [2.45, 2.75) is 0 Å². The quantitative estimate of drug-likeness (QED) is 0.700. The molecule has 0 amide bonds. The van der Waals surface area contributed by atoms with Crippen LogP contribution in [-0.4, -0.2) is 16.3 Å². The first-order valence-electron chi connectivity index (χ1n) is 4.32. The van der Waals surface area contributed by atoms with Crippen molar-refractivity contribution in [3.8, 4) is 11.1 Å². The lowest BCUT2D eigenvalue weighted by atomic mass is 10.1. The third kappa shape index (κ3) is 1.88. The number of aromatic nitrogens is 2. The van der Waals surface area contributed by atoms with Gasteiger partial charge in [-0.1, -0.05) is 6.07 Å². The van der Waals surface area contributed by atoms with Crippen LogP contribution in [0.2, 0.25) is 0 Å². The Bertz CT molecular complexity index is 485. The fraction of sp³-hybridized carbons (Fsp3) is 0. The van der Waals surface area contributed by atoms with Gasteiger partial charge in [0.1, 0.15) is 11.5 Å². The van der Waals surface area contributed by atoms with Crippen LogP contribution in [0.3, 0.4) is 0 Å². The van der Waals surface area contributed by atoms with Crippen molar-refractivity contribution in [1.82, 2.24) is 9.97 Å². The molecule has 0 radical (unpaired) electrons. The van der Waals surface area contributed by atoms with E-state index in [1.54, 1.807) is 24.5 Å². The summed E-state index contributed by atoms with van der Waals surface area (Å²) in [5.74, 6) is -0.473. The molecule has 0 aromatic carbocycles. The highest BCUT2D eigenvalue weighted by molar-refractivity contribution is 5.84. The lowest BCUT2D eigenvalue weighted by Crippen LogP contribution is -1.93. The lowest BCUT2D eigenvalue weighted by molar-refractivity contribution is 0.111. The maximum absolute atomic E-state index is 13.0. The third-order valence-electron chi connectivity index (χ3n) is 1.97. The molecule has 0 saturated carbocycles. The van der Waals surface area contributed by atoms with Crippen molar-refractivity contribution >= 4 is 6.29 Å². The van der Waals surface area contributed by atoms with E-state index < -0.39 is 5.82 Å². The summed E-state index contributed by atoms with van der Waals surface area (Å²) in [6, 6.07) is 4.74. The van der Waals surface area contributed by atoms with Crippen LogP contribution in [0.4, 0.5) is 4.39 Å². The number of pyridine rings is 2. The molecule has 0 spiro atoms. The van der Waals surface area contributed by atoms with Crippen LogP contribution >= 0.6 is 0 Å². The van der Waals surface area contributed by atoms with Gasteiger partial charge < -0.3 is 0 Å². The van der Waals surface area contributed by atoms with Crippen LogP contribution in [0, 0.1) is 5.82 Å². The number of nitrogens with zero attached hydrogens (tertiary/aromatic N) is 2. The number of hydrogen-bond donors (Lipinski definition) is 0. The molecule has 0 unspecified atom stereocenters. The van der Waals surface area contributed by atoms with E-state index >= 15 is 0 Å². The van der Waals surface area contributed by atoms with Gasteiger partial charge in [0, 0.05) is 23.5 Å². The summed E-state index contributed by atoms with van der Waals surface area (Å²) in [6.07, 6.45) is 4.78. The minimum atomic E-state index is -0.473. The summed E-state index contributed by atoms with van der Waals surface area (Å²) >= 11 is 0. The predicted molar refractivity (Wildman–Crippen MR) is 52.8 cm³/mol. The van der Waals surface area contributed by atoms with E-state index in [9.17, 15) is 9.18 Å². The molecular formula is C11H7FN2O. The van der Waals surface area contributed by atoms with Crippen LogP contribution in [-0.2, 0) is 0 Å². The fourth-order valence-corrected chi connectivity index (χ4v) is 1.30. The Morgan fingerprint density at radius 3 is 2.87 bits per heavy atom. The van der Waals surface area contributed by atoms with E-state index in [0.29, 0.717) is 17.4 Å². The van der Waals surface area contributed by atoms with Crippen molar-refractivity contribution in [3.63, 3.8) is 0 Å². The number of carbonyl (C=O) groups is 1. The normalized spacial score (nSPS) is 9.93. The van der Waals surface area contributed by atoms with Gasteiger partial charge in [0.25, 0.3) is 0 Å². The van der Waals surface area contributed by atoms with Crippen molar-refractivity contribution in [1.29, 1.82) is 0 Å². The topological polar surface area (TPSA) is 42.9 Å². The monoisotopic (exact) mass is 202 g/mol. The minimum Gasteiger partial charge on any atom is -0.296 e. The first-order valence-corrected chi connectivity index (χ1v) is 4.32. The highest BCUT2D eigenvalue weighted by Gasteiger charge is 2.07. The molecule has 0 fully saturated rings. The zero-order chi connectivity index (χ0) is 10.7. The Labute approximate surface area is 85.6 Å². The van der Waals surface area contributed by atoms with E-state index in [2.05, 4.69) is 9.97 Å². The molecule has 2 rings (SSSR count). The number of hydrogen-bond acceptors (Lipinski definition) is 3. The van der Waals surface area contributed by atoms with E-state index in [-0.39, 0.29) is 5.69 Å². The number of aldehydes is 1. The molecular weight excluding hydrogens is 195 g/mol. The largest absolute Gasteiger partial charge is 0.296 e. The molecule has 0 saturated heterocycles. The van der Waals surface area contributed by atoms with Gasteiger partial charge in [0.15, 0.2) is 6.29 Å². The van der Waals surface area contributed by atoms with E-state index in [1.165, 1.54) is 6.07 Å². The Morgan fingerprint density at radius 1 is 1.33 bits per heavy atom. The van der Waals surface area contributed by atoms with Gasteiger partial charge in [0.05, 0.1) is 6.20 Å². The SMILES string of the molecule is O=Cc1ncc(F)cc1-c1cccnc1. The Balaban J connectivity index is 2.61. The number of carbonyl (C=O) groups excluding carboxylic acids is 1. The second-order valence-corrected chi connectivity index (χ2v) is 2.95. The molecule has 4 heteroatoms. The zero-order valence-electron chi connectivity index (χ0n) is 7.72. The summed E-state index contributed by atoms with van der Waals surface area (Å²) in [5.41, 5.74) is 1.34. The van der Waals surface area contributed by atoms with Gasteiger partial charge in [0.2, 0.25) is 0 Å². The van der Waals surface area contributed by atoms with Crippen LogP contribution in [0.25, 0.3) is 11.1 Å². The molecule has 74 valence electrons. The lowest BCUT2D eigenvalue weighted by Gasteiger charge is -2.02. The smallest absolute Gasteiger partial charge is 0.169 e. The van der Waals surface area contributed by atoms with E-state index in [4.69, 9.17) is 0 Å². The Kier molecular flexibility index (Phi) is 2.49. The molecule has 2 heterocycles. The van der Waals surface area contributed by atoms with Crippen LogP contribution in [0.5, 0.6) is 0 Å². The molecule has 0 bridgehead atoms. The molecule has 0 aliphatic heterocycles. The molecule has 0 N–H and O–H groups in total. The molecule has 3 nitrogen and oxygen atoms in total. The van der Waals surface area contributed by atoms with Crippen LogP contribution < -0.4 is 0 Å². The van der Waals surface area contributed by atoms with Crippen molar-refractivity contribution in [3.05, 3.63) is 48.3 Å². The molecule has 2 aromatic heterocycles. The van der Waals surface area contributed by atoms with Crippen LogP contribution in [0.1, 0.15) is 10.5 Å². The highest BCUT2D eigenvalue weighted by atomic mass is 19.1. The zero-order valence-corrected chi connectivity index (χ0v) is 7.72. The number of rotatable bonds is 2. The Morgan fingerprint density at radius 2 is 2.20 bits per heavy atom. The summed E-state index contributed by atoms with van der Waals surface area (Å²) in [6.45, 7) is 0. The molecule has 2 aromatic rings. The second-order valence-electron chi connectivity index (χ2n) is 2.95. The van der Waals surface area contributed by atoms with Gasteiger partial charge in [-0.2, -0.15) is 0 Å². The van der Waals surface area contributed by atoms with Gasteiger partial charge in [-0.25, -0.2) is 9.37 Å². The standard InChI is InChI=1S/C11H7FN2O/c12-9-4-10(11(7-15)14-6-9)8-2-1-3-13-5-8/h1-7H. The average Bonchev–Trinajstić information content (AvgIpc) is 2.30. The van der Waals surface area contributed by atoms with Crippen molar-refractivity contribution < 1.29 is 9.18 Å². The molecule has 0 aliphatic carbocycles. The molecule has 0 atom stereocenters. The maximum atomic E-state index is 13.0. The average molecular weight is 202 g/mol. The van der Waals surface area contributed by atoms with Gasteiger partial charge >= 0.3 is 0 Å². The van der Waals surface area contributed by atoms with Gasteiger partial charge in [-0.05, 0) is 12.1 Å². The molecule has 15 heavy (non-hydrogen) atoms. The summed E-state index contributed by atoms with van der Waals surface area (Å²) in [4.78, 5) is 18.3. The third-order valence-corrected chi connectivity index (χ3v) is 1.97. The van der Waals surface area contributed by atoms with E-state index in [0.717, 1.165) is 6.20 Å². The first-order chi connectivity index (χ1) is 7.31. The summed E-state index contributed by atoms with van der Waals surface area (Å²) < 4.78 is 13.0. The fourth-order valence-electron chi connectivity index (χ4n) is 1.30.